The highest BCUT2D eigenvalue weighted by atomic mass is 15.3. The molecule has 0 atom stereocenters. The minimum Gasteiger partial charge on any atom is -0.375 e. The average molecular weight is 157 g/mol. The van der Waals surface area contributed by atoms with Crippen LogP contribution in [0.1, 0.15) is 26.7 Å². The maximum atomic E-state index is 4.14. The summed E-state index contributed by atoms with van der Waals surface area (Å²) in [4.78, 5) is 0. The smallest absolute Gasteiger partial charge is 0.125 e. The molecule has 66 valence electrons. The van der Waals surface area contributed by atoms with E-state index < -0.39 is 0 Å². The molecule has 0 amide bonds. The molecule has 0 radical (unpaired) electrons. The second-order valence-electron chi connectivity index (χ2n) is 2.48. The monoisotopic (exact) mass is 157 g/mol. The van der Waals surface area contributed by atoms with E-state index in [0.29, 0.717) is 5.92 Å². The molecular weight excluding hydrogens is 138 g/mol. The molecule has 0 rings (SSSR count). The van der Waals surface area contributed by atoms with Crippen LogP contribution >= 0.6 is 0 Å². The van der Waals surface area contributed by atoms with E-state index >= 15 is 0 Å². The van der Waals surface area contributed by atoms with E-state index in [2.05, 4.69) is 29.7 Å². The van der Waals surface area contributed by atoms with Crippen LogP contribution in [0.15, 0.2) is 5.10 Å². The van der Waals surface area contributed by atoms with Crippen LogP contribution in [0, 0.1) is 5.92 Å². The molecule has 0 aromatic heterocycles. The largest absolute Gasteiger partial charge is 0.375 e. The van der Waals surface area contributed by atoms with E-state index in [-0.39, 0.29) is 0 Å². The molecule has 0 saturated heterocycles. The molecule has 0 bridgehead atoms. The van der Waals surface area contributed by atoms with Crippen molar-refractivity contribution in [3.8, 4) is 0 Å². The third kappa shape index (κ3) is 3.25. The van der Waals surface area contributed by atoms with Gasteiger partial charge in [0.05, 0.1) is 0 Å². The molecule has 2 N–H and O–H groups in total. The van der Waals surface area contributed by atoms with E-state index in [1.807, 2.05) is 14.1 Å². The first-order valence-electron chi connectivity index (χ1n) is 4.22. The molecule has 0 saturated carbocycles. The lowest BCUT2D eigenvalue weighted by Crippen LogP contribution is -2.28. The lowest BCUT2D eigenvalue weighted by Gasteiger charge is -2.14. The predicted octanol–water partition coefficient (Wildman–Crippen LogP) is 1.17. The molecule has 0 aliphatic rings. The SMILES string of the molecule is CCC(CC)/C(=N/NC)NC. The van der Waals surface area contributed by atoms with E-state index in [0.717, 1.165) is 18.7 Å². The number of hydrogen-bond donors (Lipinski definition) is 2. The van der Waals surface area contributed by atoms with Crippen molar-refractivity contribution in [2.45, 2.75) is 26.7 Å². The highest BCUT2D eigenvalue weighted by Crippen LogP contribution is 2.07. The maximum absolute atomic E-state index is 4.14. The van der Waals surface area contributed by atoms with Gasteiger partial charge in [-0.1, -0.05) is 13.8 Å². The van der Waals surface area contributed by atoms with Crippen molar-refractivity contribution in [3.63, 3.8) is 0 Å². The molecule has 0 fully saturated rings. The van der Waals surface area contributed by atoms with Gasteiger partial charge < -0.3 is 10.7 Å². The molecule has 0 heterocycles. The highest BCUT2D eigenvalue weighted by molar-refractivity contribution is 5.83. The Morgan fingerprint density at radius 2 is 1.82 bits per heavy atom. The van der Waals surface area contributed by atoms with Crippen molar-refractivity contribution >= 4 is 5.84 Å². The summed E-state index contributed by atoms with van der Waals surface area (Å²) in [6.45, 7) is 4.35. The third-order valence-electron chi connectivity index (χ3n) is 1.86. The van der Waals surface area contributed by atoms with Gasteiger partial charge in [0.1, 0.15) is 5.84 Å². The average Bonchev–Trinajstić information content (AvgIpc) is 2.05. The normalized spacial score (nSPS) is 11.9. The molecule has 0 spiro atoms. The molecular formula is C8H19N3. The summed E-state index contributed by atoms with van der Waals surface area (Å²) >= 11 is 0. The number of amidine groups is 1. The van der Waals surface area contributed by atoms with Gasteiger partial charge in [0.2, 0.25) is 0 Å². The summed E-state index contributed by atoms with van der Waals surface area (Å²) in [7, 11) is 3.73. The number of nitrogens with zero attached hydrogens (tertiary/aromatic N) is 1. The summed E-state index contributed by atoms with van der Waals surface area (Å²) in [5.41, 5.74) is 2.79. The predicted molar refractivity (Wildman–Crippen MR) is 49.6 cm³/mol. The van der Waals surface area contributed by atoms with Crippen LogP contribution in [-0.2, 0) is 0 Å². The summed E-state index contributed by atoms with van der Waals surface area (Å²) in [5, 5.41) is 7.23. The molecule has 3 nitrogen and oxygen atoms in total. The summed E-state index contributed by atoms with van der Waals surface area (Å²) in [6.07, 6.45) is 2.27. The Balaban J connectivity index is 4.09. The first-order valence-corrected chi connectivity index (χ1v) is 4.22. The Labute approximate surface area is 69.3 Å². The lowest BCUT2D eigenvalue weighted by molar-refractivity contribution is 0.617. The fourth-order valence-corrected chi connectivity index (χ4v) is 1.15. The summed E-state index contributed by atoms with van der Waals surface area (Å²) in [5.74, 6) is 1.62. The molecule has 0 unspecified atom stereocenters. The van der Waals surface area contributed by atoms with Crippen LogP contribution in [0.25, 0.3) is 0 Å². The lowest BCUT2D eigenvalue weighted by atomic mass is 10.0. The Bertz CT molecular complexity index is 117. The van der Waals surface area contributed by atoms with Gasteiger partial charge in [-0.25, -0.2) is 0 Å². The van der Waals surface area contributed by atoms with Crippen molar-refractivity contribution in [1.29, 1.82) is 0 Å². The first kappa shape index (κ1) is 10.3. The molecule has 3 heteroatoms. The third-order valence-corrected chi connectivity index (χ3v) is 1.86. The van der Waals surface area contributed by atoms with Gasteiger partial charge in [-0.05, 0) is 12.8 Å². The van der Waals surface area contributed by atoms with Crippen molar-refractivity contribution in [2.75, 3.05) is 14.1 Å². The second-order valence-corrected chi connectivity index (χ2v) is 2.48. The zero-order valence-electron chi connectivity index (χ0n) is 7.94. The molecule has 0 aromatic rings. The van der Waals surface area contributed by atoms with Crippen molar-refractivity contribution in [3.05, 3.63) is 0 Å². The van der Waals surface area contributed by atoms with Crippen LogP contribution < -0.4 is 10.7 Å². The fraction of sp³-hybridized carbons (Fsp3) is 0.875. The minimum absolute atomic E-state index is 0.562. The Morgan fingerprint density at radius 1 is 1.27 bits per heavy atom. The Hall–Kier alpha value is -0.730. The second kappa shape index (κ2) is 6.01. The fourth-order valence-electron chi connectivity index (χ4n) is 1.15. The van der Waals surface area contributed by atoms with Gasteiger partial charge >= 0.3 is 0 Å². The Kier molecular flexibility index (Phi) is 5.61. The van der Waals surface area contributed by atoms with E-state index in [4.69, 9.17) is 0 Å². The van der Waals surface area contributed by atoms with Gasteiger partial charge in [-0.15, -0.1) is 0 Å². The van der Waals surface area contributed by atoms with E-state index in [1.54, 1.807) is 0 Å². The molecule has 11 heavy (non-hydrogen) atoms. The first-order chi connectivity index (χ1) is 5.29. The quantitative estimate of drug-likeness (QED) is 0.365. The van der Waals surface area contributed by atoms with Gasteiger partial charge in [-0.2, -0.15) is 5.10 Å². The maximum Gasteiger partial charge on any atom is 0.125 e. The number of hydrogen-bond acceptors (Lipinski definition) is 2. The van der Waals surface area contributed by atoms with Gasteiger partial charge in [0.15, 0.2) is 0 Å². The van der Waals surface area contributed by atoms with Crippen LogP contribution in [-0.4, -0.2) is 19.9 Å². The molecule has 0 aromatic carbocycles. The Morgan fingerprint density at radius 3 is 2.09 bits per heavy atom. The standard InChI is InChI=1S/C8H19N3/c1-5-7(6-2)8(9-3)11-10-4/h7,10H,5-6H2,1-4H3,(H,9,11). The van der Waals surface area contributed by atoms with Crippen LogP contribution in [0.3, 0.4) is 0 Å². The van der Waals surface area contributed by atoms with Gasteiger partial charge in [0, 0.05) is 20.0 Å². The van der Waals surface area contributed by atoms with Crippen LogP contribution in [0.4, 0.5) is 0 Å². The number of hydrazone groups is 1. The van der Waals surface area contributed by atoms with E-state index in [1.165, 1.54) is 0 Å². The topological polar surface area (TPSA) is 36.4 Å². The minimum atomic E-state index is 0.562. The zero-order valence-corrected chi connectivity index (χ0v) is 7.94. The van der Waals surface area contributed by atoms with Gasteiger partial charge in [0.25, 0.3) is 0 Å². The van der Waals surface area contributed by atoms with Gasteiger partial charge in [-0.3, -0.25) is 0 Å². The highest BCUT2D eigenvalue weighted by Gasteiger charge is 2.09. The van der Waals surface area contributed by atoms with Crippen LogP contribution in [0.2, 0.25) is 0 Å². The van der Waals surface area contributed by atoms with Crippen molar-refractivity contribution in [1.82, 2.24) is 10.7 Å². The summed E-state index contributed by atoms with van der Waals surface area (Å²) < 4.78 is 0. The van der Waals surface area contributed by atoms with E-state index in [9.17, 15) is 0 Å². The molecule has 0 aliphatic carbocycles. The number of nitrogens with one attached hydrogen (secondary N) is 2. The van der Waals surface area contributed by atoms with Crippen molar-refractivity contribution in [2.24, 2.45) is 11.0 Å². The summed E-state index contributed by atoms with van der Waals surface area (Å²) in [6, 6.07) is 0. The zero-order chi connectivity index (χ0) is 8.69. The number of rotatable bonds is 4. The van der Waals surface area contributed by atoms with Crippen molar-refractivity contribution < 1.29 is 0 Å². The molecule has 0 aliphatic heterocycles. The van der Waals surface area contributed by atoms with Crippen LogP contribution in [0.5, 0.6) is 0 Å².